The Morgan fingerprint density at radius 3 is 2.66 bits per heavy atom. The number of ether oxygens (including phenoxy) is 2. The Labute approximate surface area is 202 Å². The largest absolute Gasteiger partial charge is 0.493 e. The van der Waals surface area contributed by atoms with Crippen LogP contribution in [0.15, 0.2) is 36.4 Å². The summed E-state index contributed by atoms with van der Waals surface area (Å²) in [5, 5.41) is 0. The number of carbonyl (C=O) groups is 4. The molecule has 2 unspecified atom stereocenters. The van der Waals surface area contributed by atoms with Crippen LogP contribution in [-0.2, 0) is 19.2 Å². The van der Waals surface area contributed by atoms with Crippen LogP contribution in [0.2, 0.25) is 0 Å². The predicted octanol–water partition coefficient (Wildman–Crippen LogP) is 1.99. The van der Waals surface area contributed by atoms with Crippen molar-refractivity contribution < 1.29 is 33.5 Å². The smallest absolute Gasteiger partial charge is 0.335 e. The topological polar surface area (TPSA) is 137 Å². The zero-order valence-corrected chi connectivity index (χ0v) is 19.4. The van der Waals surface area contributed by atoms with E-state index in [4.69, 9.17) is 20.0 Å². The molecule has 2 atom stereocenters. The fraction of sp³-hybridized carbons (Fsp3) is 0.360. The Morgan fingerprint density at radius 1 is 1.23 bits per heavy atom. The number of amides is 3. The van der Waals surface area contributed by atoms with Gasteiger partial charge in [0.05, 0.1) is 37.7 Å². The fourth-order valence-corrected chi connectivity index (χ4v) is 4.14. The number of nitrogens with one attached hydrogen (secondary N) is 1. The Kier molecular flexibility index (Phi) is 6.90. The molecule has 10 nitrogen and oxygen atoms in total. The van der Waals surface area contributed by atoms with Crippen LogP contribution in [0.1, 0.15) is 59.8 Å². The standard InChI is InChI=1S/C25H26N3O7/c1-3-34-20-12-15(10-11-19(20)33-2)18(13-21(29)27-35-25(32)14-8-9-14)28-22(23(26)30)16-6-4-5-7-17(16)24(28)31/h4-6,10-12,14,18,22H,3,8-9,13H2,1-2H3,(H2,26,30)(H,27,29). The van der Waals surface area contributed by atoms with Crippen LogP contribution in [0, 0.1) is 12.0 Å². The maximum Gasteiger partial charge on any atom is 0.335 e. The fourth-order valence-electron chi connectivity index (χ4n) is 4.14. The molecule has 1 aliphatic carbocycles. The first-order valence-corrected chi connectivity index (χ1v) is 11.3. The molecule has 183 valence electrons. The van der Waals surface area contributed by atoms with Gasteiger partial charge in [0.1, 0.15) is 6.04 Å². The molecule has 3 amide bonds. The lowest BCUT2D eigenvalue weighted by atomic mass is 9.98. The summed E-state index contributed by atoms with van der Waals surface area (Å²) in [7, 11) is 1.50. The second kappa shape index (κ2) is 10.0. The van der Waals surface area contributed by atoms with Crippen LogP contribution in [0.3, 0.4) is 0 Å². The quantitative estimate of drug-likeness (QED) is 0.524. The van der Waals surface area contributed by atoms with E-state index in [-0.39, 0.29) is 17.9 Å². The van der Waals surface area contributed by atoms with E-state index in [1.807, 2.05) is 6.92 Å². The third-order valence-corrected chi connectivity index (χ3v) is 5.94. The van der Waals surface area contributed by atoms with E-state index in [9.17, 15) is 19.2 Å². The van der Waals surface area contributed by atoms with Crippen LogP contribution in [0.5, 0.6) is 11.5 Å². The minimum atomic E-state index is -1.11. The highest BCUT2D eigenvalue weighted by Gasteiger charge is 2.45. The van der Waals surface area contributed by atoms with Gasteiger partial charge in [-0.3, -0.25) is 14.4 Å². The zero-order chi connectivity index (χ0) is 25.1. The van der Waals surface area contributed by atoms with Gasteiger partial charge in [0, 0.05) is 0 Å². The number of rotatable bonds is 9. The molecule has 1 aliphatic heterocycles. The van der Waals surface area contributed by atoms with Crippen molar-refractivity contribution in [1.82, 2.24) is 10.4 Å². The van der Waals surface area contributed by atoms with Gasteiger partial charge in [0.25, 0.3) is 11.8 Å². The first kappa shape index (κ1) is 24.1. The summed E-state index contributed by atoms with van der Waals surface area (Å²) in [6, 6.07) is 10.6. The van der Waals surface area contributed by atoms with E-state index in [2.05, 4.69) is 11.5 Å². The number of nitrogens with two attached hydrogens (primary N) is 1. The molecule has 2 aromatic carbocycles. The highest BCUT2D eigenvalue weighted by atomic mass is 16.7. The summed E-state index contributed by atoms with van der Waals surface area (Å²) in [5.41, 5.74) is 9.00. The van der Waals surface area contributed by atoms with Crippen LogP contribution >= 0.6 is 0 Å². The van der Waals surface area contributed by atoms with Gasteiger partial charge in [-0.25, -0.2) is 4.79 Å². The molecule has 1 heterocycles. The number of hydrogen-bond donors (Lipinski definition) is 2. The third kappa shape index (κ3) is 4.91. The van der Waals surface area contributed by atoms with E-state index >= 15 is 0 Å². The highest BCUT2D eigenvalue weighted by molar-refractivity contribution is 6.04. The van der Waals surface area contributed by atoms with E-state index in [1.54, 1.807) is 36.4 Å². The lowest BCUT2D eigenvalue weighted by molar-refractivity contribution is -0.160. The molecule has 2 aliphatic rings. The van der Waals surface area contributed by atoms with Crippen molar-refractivity contribution in [2.75, 3.05) is 13.7 Å². The molecule has 4 rings (SSSR count). The van der Waals surface area contributed by atoms with Crippen molar-refractivity contribution in [3.05, 3.63) is 59.2 Å². The molecule has 10 heteroatoms. The van der Waals surface area contributed by atoms with Crippen molar-refractivity contribution in [3.8, 4) is 11.5 Å². The SMILES string of the molecule is CCOc1cc(C(CC(=O)NOC(=O)C2CC2)N2C(=O)c3[c]cccc3C2C(N)=O)ccc1OC. The van der Waals surface area contributed by atoms with Gasteiger partial charge in [-0.1, -0.05) is 24.3 Å². The van der Waals surface area contributed by atoms with E-state index in [0.29, 0.717) is 29.2 Å². The molecule has 3 N–H and O–H groups in total. The van der Waals surface area contributed by atoms with Crippen LogP contribution in [-0.4, -0.2) is 42.3 Å². The summed E-state index contributed by atoms with van der Waals surface area (Å²) in [6.45, 7) is 2.17. The predicted molar refractivity (Wildman–Crippen MR) is 122 cm³/mol. The van der Waals surface area contributed by atoms with Gasteiger partial charge < -0.3 is 24.9 Å². The van der Waals surface area contributed by atoms with Gasteiger partial charge >= 0.3 is 5.97 Å². The average Bonchev–Trinajstić information content (AvgIpc) is 3.66. The normalized spacial score (nSPS) is 17.4. The highest BCUT2D eigenvalue weighted by Crippen LogP contribution is 2.42. The first-order valence-electron chi connectivity index (χ1n) is 11.3. The van der Waals surface area contributed by atoms with Crippen molar-refractivity contribution in [2.45, 2.75) is 38.3 Å². The Bertz CT molecular complexity index is 1160. The molecule has 1 saturated carbocycles. The van der Waals surface area contributed by atoms with Gasteiger partial charge in [-0.15, -0.1) is 0 Å². The Morgan fingerprint density at radius 2 is 2.00 bits per heavy atom. The van der Waals surface area contributed by atoms with Gasteiger partial charge in [0.15, 0.2) is 11.5 Å². The number of nitrogens with zero attached hydrogens (tertiary/aromatic N) is 1. The molecule has 35 heavy (non-hydrogen) atoms. The summed E-state index contributed by atoms with van der Waals surface area (Å²) >= 11 is 0. The number of hydrogen-bond acceptors (Lipinski definition) is 7. The molecule has 1 fully saturated rings. The molecular formula is C25H26N3O7. The summed E-state index contributed by atoms with van der Waals surface area (Å²) < 4.78 is 11.0. The zero-order valence-electron chi connectivity index (χ0n) is 19.4. The number of carbonyl (C=O) groups excluding carboxylic acids is 4. The van der Waals surface area contributed by atoms with Crippen molar-refractivity contribution >= 4 is 23.7 Å². The van der Waals surface area contributed by atoms with Crippen LogP contribution in [0.25, 0.3) is 0 Å². The van der Waals surface area contributed by atoms with E-state index in [0.717, 1.165) is 12.8 Å². The second-order valence-electron chi connectivity index (χ2n) is 8.30. The average molecular weight is 480 g/mol. The number of hydroxylamine groups is 1. The summed E-state index contributed by atoms with van der Waals surface area (Å²) in [4.78, 5) is 56.8. The number of fused-ring (bicyclic) bond motifs is 1. The second-order valence-corrected chi connectivity index (χ2v) is 8.30. The van der Waals surface area contributed by atoms with E-state index < -0.39 is 35.8 Å². The van der Waals surface area contributed by atoms with E-state index in [1.165, 1.54) is 12.0 Å². The maximum atomic E-state index is 13.4. The Balaban J connectivity index is 1.70. The number of benzene rings is 2. The summed E-state index contributed by atoms with van der Waals surface area (Å²) in [6.07, 6.45) is 1.14. The minimum Gasteiger partial charge on any atom is -0.493 e. The number of primary amides is 1. The molecule has 0 bridgehead atoms. The Hall–Kier alpha value is -4.08. The van der Waals surface area contributed by atoms with Crippen molar-refractivity contribution in [3.63, 3.8) is 0 Å². The lowest BCUT2D eigenvalue weighted by Gasteiger charge is -2.32. The molecule has 0 aromatic heterocycles. The third-order valence-electron chi connectivity index (χ3n) is 5.94. The van der Waals surface area contributed by atoms with Crippen LogP contribution < -0.4 is 20.7 Å². The van der Waals surface area contributed by atoms with Gasteiger partial charge in [0.2, 0.25) is 5.91 Å². The molecule has 2 aromatic rings. The minimum absolute atomic E-state index is 0.203. The maximum absolute atomic E-state index is 13.4. The van der Waals surface area contributed by atoms with Crippen molar-refractivity contribution in [2.24, 2.45) is 11.7 Å². The lowest BCUT2D eigenvalue weighted by Crippen LogP contribution is -2.41. The molecule has 0 spiro atoms. The molecular weight excluding hydrogens is 454 g/mol. The number of methoxy groups -OCH3 is 1. The van der Waals surface area contributed by atoms with Gasteiger partial charge in [-0.2, -0.15) is 5.48 Å². The molecule has 0 saturated heterocycles. The first-order chi connectivity index (χ1) is 16.8. The van der Waals surface area contributed by atoms with Crippen LogP contribution in [0.4, 0.5) is 0 Å². The van der Waals surface area contributed by atoms with Gasteiger partial charge in [-0.05, 0) is 49.1 Å². The molecule has 1 radical (unpaired) electrons. The summed E-state index contributed by atoms with van der Waals surface area (Å²) in [5.74, 6) is -1.73. The monoisotopic (exact) mass is 480 g/mol. The van der Waals surface area contributed by atoms with Crippen molar-refractivity contribution in [1.29, 1.82) is 0 Å².